The van der Waals surface area contributed by atoms with Crippen LogP contribution in [0.25, 0.3) is 11.1 Å². The number of nitrogen functional groups attached to an aromatic ring is 1. The van der Waals surface area contributed by atoms with Gasteiger partial charge in [-0.2, -0.15) is 0 Å². The first kappa shape index (κ1) is 12.5. The normalized spacial score (nSPS) is 10.4. The van der Waals surface area contributed by atoms with Crippen LogP contribution >= 0.6 is 11.6 Å². The molecule has 0 radical (unpaired) electrons. The lowest BCUT2D eigenvalue weighted by molar-refractivity contribution is 0.353. The average molecular weight is 273 g/mol. The molecule has 0 saturated carbocycles. The summed E-state index contributed by atoms with van der Waals surface area (Å²) in [5, 5.41) is 3.30. The van der Waals surface area contributed by atoms with Gasteiger partial charge in [-0.1, -0.05) is 16.8 Å². The minimum absolute atomic E-state index is 0.00261. The van der Waals surface area contributed by atoms with Crippen molar-refractivity contribution in [1.82, 2.24) is 5.16 Å². The molecule has 1 heterocycles. The maximum absolute atomic E-state index is 14.1. The van der Waals surface area contributed by atoms with Gasteiger partial charge in [-0.05, 0) is 6.07 Å². The maximum atomic E-state index is 14.1. The monoisotopic (exact) mass is 272 g/mol. The van der Waals surface area contributed by atoms with Gasteiger partial charge >= 0.3 is 0 Å². The lowest BCUT2D eigenvalue weighted by Gasteiger charge is -2.12. The molecule has 2 N–H and O–H groups in total. The van der Waals surface area contributed by atoms with Crippen molar-refractivity contribution in [3.05, 3.63) is 23.1 Å². The molecule has 0 spiro atoms. The SMILES string of the molecule is COc1cc(-c2cnoc2N)c(F)c(Cl)c1OC. The molecule has 18 heavy (non-hydrogen) atoms. The first-order valence-electron chi connectivity index (χ1n) is 4.90. The molecule has 96 valence electrons. The number of rotatable bonds is 3. The van der Waals surface area contributed by atoms with E-state index in [4.69, 9.17) is 26.8 Å². The number of hydrogen-bond acceptors (Lipinski definition) is 5. The summed E-state index contributed by atoms with van der Waals surface area (Å²) in [7, 11) is 2.80. The second kappa shape index (κ2) is 4.73. The molecule has 2 aromatic rings. The molecule has 1 aromatic carbocycles. The molecule has 0 atom stereocenters. The van der Waals surface area contributed by atoms with Gasteiger partial charge in [0.25, 0.3) is 0 Å². The highest BCUT2D eigenvalue weighted by atomic mass is 35.5. The number of nitrogens with zero attached hydrogens (tertiary/aromatic N) is 1. The number of halogens is 2. The summed E-state index contributed by atoms with van der Waals surface area (Å²) in [6.07, 6.45) is 1.30. The van der Waals surface area contributed by atoms with Crippen LogP contribution < -0.4 is 15.2 Å². The fraction of sp³-hybridized carbons (Fsp3) is 0.182. The van der Waals surface area contributed by atoms with E-state index in [9.17, 15) is 4.39 Å². The highest BCUT2D eigenvalue weighted by molar-refractivity contribution is 6.32. The number of benzene rings is 1. The number of aromatic nitrogens is 1. The molecule has 0 aliphatic heterocycles. The van der Waals surface area contributed by atoms with Crippen molar-refractivity contribution in [2.24, 2.45) is 0 Å². The Bertz CT molecular complexity index is 586. The minimum atomic E-state index is -0.677. The van der Waals surface area contributed by atoms with Crippen LogP contribution in [0.15, 0.2) is 16.8 Å². The van der Waals surface area contributed by atoms with Crippen LogP contribution in [0, 0.1) is 5.82 Å². The number of nitrogens with two attached hydrogens (primary N) is 1. The lowest BCUT2D eigenvalue weighted by atomic mass is 10.1. The van der Waals surface area contributed by atoms with Crippen molar-refractivity contribution in [3.63, 3.8) is 0 Å². The van der Waals surface area contributed by atoms with E-state index in [0.717, 1.165) is 0 Å². The smallest absolute Gasteiger partial charge is 0.230 e. The Balaban J connectivity index is 2.70. The van der Waals surface area contributed by atoms with Gasteiger partial charge in [-0.3, -0.25) is 0 Å². The number of methoxy groups -OCH3 is 2. The Morgan fingerprint density at radius 3 is 2.56 bits per heavy atom. The average Bonchev–Trinajstić information content (AvgIpc) is 2.78. The third-order valence-corrected chi connectivity index (χ3v) is 2.78. The van der Waals surface area contributed by atoms with E-state index in [2.05, 4.69) is 9.68 Å². The zero-order valence-electron chi connectivity index (χ0n) is 9.66. The quantitative estimate of drug-likeness (QED) is 0.930. The first-order valence-corrected chi connectivity index (χ1v) is 5.28. The Kier molecular flexibility index (Phi) is 3.29. The molecule has 0 fully saturated rings. The van der Waals surface area contributed by atoms with Crippen molar-refractivity contribution >= 4 is 17.5 Å². The van der Waals surface area contributed by atoms with Gasteiger partial charge in [0.15, 0.2) is 17.3 Å². The predicted molar refractivity (Wildman–Crippen MR) is 64.4 cm³/mol. The van der Waals surface area contributed by atoms with Gasteiger partial charge in [0.1, 0.15) is 5.02 Å². The largest absolute Gasteiger partial charge is 0.493 e. The van der Waals surface area contributed by atoms with Crippen molar-refractivity contribution in [2.45, 2.75) is 0 Å². The molecule has 0 aliphatic carbocycles. The fourth-order valence-electron chi connectivity index (χ4n) is 1.57. The third kappa shape index (κ3) is 1.84. The third-order valence-electron chi connectivity index (χ3n) is 2.44. The summed E-state index contributed by atoms with van der Waals surface area (Å²) < 4.78 is 28.9. The van der Waals surface area contributed by atoms with Crippen LogP contribution in [0.2, 0.25) is 5.02 Å². The summed E-state index contributed by atoms with van der Waals surface area (Å²) in [5.74, 6) is -0.267. The van der Waals surface area contributed by atoms with E-state index >= 15 is 0 Å². The van der Waals surface area contributed by atoms with Gasteiger partial charge in [0.05, 0.1) is 26.0 Å². The highest BCUT2D eigenvalue weighted by Crippen LogP contribution is 2.43. The summed E-state index contributed by atoms with van der Waals surface area (Å²) in [4.78, 5) is 0. The van der Waals surface area contributed by atoms with Crippen molar-refractivity contribution in [3.8, 4) is 22.6 Å². The summed E-state index contributed by atoms with van der Waals surface area (Å²) in [5.41, 5.74) is 5.98. The van der Waals surface area contributed by atoms with E-state index in [1.54, 1.807) is 0 Å². The Labute approximate surface area is 107 Å². The van der Waals surface area contributed by atoms with Gasteiger partial charge < -0.3 is 19.7 Å². The molecular formula is C11H10ClFN2O3. The van der Waals surface area contributed by atoms with E-state index < -0.39 is 5.82 Å². The second-order valence-electron chi connectivity index (χ2n) is 3.39. The Hall–Kier alpha value is -1.95. The molecule has 0 bridgehead atoms. The van der Waals surface area contributed by atoms with E-state index in [-0.39, 0.29) is 22.2 Å². The van der Waals surface area contributed by atoms with E-state index in [1.165, 1.54) is 26.5 Å². The van der Waals surface area contributed by atoms with Crippen LogP contribution in [0.1, 0.15) is 0 Å². The van der Waals surface area contributed by atoms with Crippen LogP contribution in [0.5, 0.6) is 11.5 Å². The molecular weight excluding hydrogens is 263 g/mol. The number of hydrogen-bond donors (Lipinski definition) is 1. The van der Waals surface area contributed by atoms with Gasteiger partial charge in [-0.25, -0.2) is 4.39 Å². The van der Waals surface area contributed by atoms with Crippen molar-refractivity contribution in [2.75, 3.05) is 20.0 Å². The zero-order valence-corrected chi connectivity index (χ0v) is 10.4. The van der Waals surface area contributed by atoms with Gasteiger partial charge in [-0.15, -0.1) is 0 Å². The molecule has 0 saturated heterocycles. The maximum Gasteiger partial charge on any atom is 0.230 e. The Morgan fingerprint density at radius 1 is 1.33 bits per heavy atom. The molecule has 2 rings (SSSR count). The summed E-state index contributed by atoms with van der Waals surface area (Å²) >= 11 is 5.88. The molecule has 1 aromatic heterocycles. The molecule has 5 nitrogen and oxygen atoms in total. The van der Waals surface area contributed by atoms with Crippen LogP contribution in [-0.2, 0) is 0 Å². The van der Waals surface area contributed by atoms with Gasteiger partial charge in [0.2, 0.25) is 5.88 Å². The number of anilines is 1. The molecule has 0 amide bonds. The highest BCUT2D eigenvalue weighted by Gasteiger charge is 2.21. The predicted octanol–water partition coefficient (Wildman–Crippen LogP) is 2.73. The van der Waals surface area contributed by atoms with Gasteiger partial charge in [0, 0.05) is 5.56 Å². The van der Waals surface area contributed by atoms with E-state index in [1.807, 2.05) is 0 Å². The topological polar surface area (TPSA) is 70.5 Å². The molecule has 0 aliphatic rings. The molecule has 7 heteroatoms. The van der Waals surface area contributed by atoms with Crippen molar-refractivity contribution < 1.29 is 18.4 Å². The van der Waals surface area contributed by atoms with E-state index in [0.29, 0.717) is 11.3 Å². The zero-order chi connectivity index (χ0) is 13.3. The lowest BCUT2D eigenvalue weighted by Crippen LogP contribution is -1.96. The molecule has 0 unspecified atom stereocenters. The van der Waals surface area contributed by atoms with Crippen molar-refractivity contribution in [1.29, 1.82) is 0 Å². The fourth-order valence-corrected chi connectivity index (χ4v) is 1.85. The van der Waals surface area contributed by atoms with Crippen LogP contribution in [-0.4, -0.2) is 19.4 Å². The summed E-state index contributed by atoms with van der Waals surface area (Å²) in [6, 6.07) is 1.42. The van der Waals surface area contributed by atoms with Crippen LogP contribution in [0.4, 0.5) is 10.3 Å². The van der Waals surface area contributed by atoms with Crippen LogP contribution in [0.3, 0.4) is 0 Å². The number of ether oxygens (including phenoxy) is 2. The Morgan fingerprint density at radius 2 is 2.06 bits per heavy atom. The standard InChI is InChI=1S/C11H10ClFN2O3/c1-16-7-3-5(6-4-15-18-11(6)14)9(13)8(12)10(7)17-2/h3-4H,14H2,1-2H3. The second-order valence-corrected chi connectivity index (χ2v) is 3.77. The minimum Gasteiger partial charge on any atom is -0.493 e. The first-order chi connectivity index (χ1) is 8.60. The summed E-state index contributed by atoms with van der Waals surface area (Å²) in [6.45, 7) is 0.